The highest BCUT2D eigenvalue weighted by atomic mass is 32.2. The quantitative estimate of drug-likeness (QED) is 0.172. The highest BCUT2D eigenvalue weighted by Crippen LogP contribution is 2.57. The molecule has 0 saturated heterocycles. The first-order valence-corrected chi connectivity index (χ1v) is 22.9. The Morgan fingerprint density at radius 3 is 1.92 bits per heavy atom. The molecule has 2 aromatic heterocycles. The van der Waals surface area contributed by atoms with E-state index in [-0.39, 0.29) is 22.0 Å². The van der Waals surface area contributed by atoms with Crippen LogP contribution in [0, 0.1) is 13.7 Å². The molecule has 4 heteroatoms. The van der Waals surface area contributed by atoms with Crippen LogP contribution in [-0.2, 0) is 10.8 Å². The number of benzene rings is 6. The molecule has 59 heavy (non-hydrogen) atoms. The summed E-state index contributed by atoms with van der Waals surface area (Å²) in [6.45, 7) is 4.02. The monoisotopic (exact) mass is 814 g/mol. The summed E-state index contributed by atoms with van der Waals surface area (Å²) in [5.74, 6) is -1.73. The molecule has 2 aliphatic carbocycles. The van der Waals surface area contributed by atoms with Gasteiger partial charge in [-0.3, -0.25) is 4.40 Å². The van der Waals surface area contributed by atoms with Gasteiger partial charge in [0, 0.05) is 26.3 Å². The fraction of sp³-hybridized carbons (Fsp3) is 0.327. The SMILES string of the molecule is [2H]C([2H])([2H])c1ccc(-c2c(C3([2H])CCCC3)ccc3c2Sc2ccccc2C(C)(C)C3(C)C)cc1-c1cc(-c2c(C3([2H])CCCC3)ccc3c2nc2sc4ccccc4n23)ccc1C([2H])([2H])[2H]. The van der Waals surface area contributed by atoms with Crippen LogP contribution in [0.1, 0.15) is 135 Å². The fourth-order valence-electron chi connectivity index (χ4n) is 10.4. The van der Waals surface area contributed by atoms with E-state index in [1.165, 1.54) is 5.56 Å². The average Bonchev–Trinajstić information content (AvgIpc) is 4.09. The Balaban J connectivity index is 1.21. The van der Waals surface area contributed by atoms with Crippen molar-refractivity contribution in [1.29, 1.82) is 0 Å². The molecule has 6 aromatic carbocycles. The predicted octanol–water partition coefficient (Wildman–Crippen LogP) is 16.4. The molecule has 0 N–H and O–H groups in total. The maximum absolute atomic E-state index is 10.1. The molecular formula is C55H54N2S2. The topological polar surface area (TPSA) is 17.3 Å². The van der Waals surface area contributed by atoms with Gasteiger partial charge >= 0.3 is 0 Å². The van der Waals surface area contributed by atoms with E-state index >= 15 is 0 Å². The lowest BCUT2D eigenvalue weighted by Gasteiger charge is -2.42. The Labute approximate surface area is 369 Å². The first-order chi connectivity index (χ1) is 31.7. The minimum Gasteiger partial charge on any atom is -0.283 e. The fourth-order valence-corrected chi connectivity index (χ4v) is 13.0. The number of imidazole rings is 1. The third-order valence-electron chi connectivity index (χ3n) is 14.4. The van der Waals surface area contributed by atoms with Crippen LogP contribution in [0.15, 0.2) is 119 Å². The number of aromatic nitrogens is 2. The molecule has 0 atom stereocenters. The summed E-state index contributed by atoms with van der Waals surface area (Å²) in [6.07, 6.45) is 6.59. The molecule has 8 aromatic rings. The zero-order chi connectivity index (χ0) is 47.1. The van der Waals surface area contributed by atoms with Gasteiger partial charge in [-0.25, -0.2) is 4.98 Å². The lowest BCUT2D eigenvalue weighted by molar-refractivity contribution is 0.296. The number of para-hydroxylation sites is 1. The molecule has 1 aliphatic heterocycles. The molecule has 3 heterocycles. The molecule has 2 saturated carbocycles. The van der Waals surface area contributed by atoms with Crippen LogP contribution in [0.4, 0.5) is 0 Å². The van der Waals surface area contributed by atoms with E-state index in [2.05, 4.69) is 92.8 Å². The van der Waals surface area contributed by atoms with Gasteiger partial charge in [-0.1, -0.05) is 149 Å². The molecule has 296 valence electrons. The molecule has 2 fully saturated rings. The van der Waals surface area contributed by atoms with Crippen LogP contribution >= 0.6 is 23.1 Å². The molecule has 11 rings (SSSR count). The van der Waals surface area contributed by atoms with Crippen molar-refractivity contribution >= 4 is 49.3 Å². The Hall–Kier alpha value is -4.64. The Kier molecular flexibility index (Phi) is 7.00. The second-order valence-electron chi connectivity index (χ2n) is 18.0. The Bertz CT molecular complexity index is 3300. The third kappa shape index (κ3) is 5.76. The molecule has 0 radical (unpaired) electrons. The smallest absolute Gasteiger partial charge is 0.195 e. The second kappa shape index (κ2) is 14.0. The van der Waals surface area contributed by atoms with E-state index in [4.69, 9.17) is 13.2 Å². The van der Waals surface area contributed by atoms with E-state index < -0.39 is 25.5 Å². The summed E-state index contributed by atoms with van der Waals surface area (Å²) in [5, 5.41) is 0. The van der Waals surface area contributed by atoms with Crippen LogP contribution in [0.25, 0.3) is 59.6 Å². The summed E-state index contributed by atoms with van der Waals surface area (Å²) < 4.78 is 77.0. The van der Waals surface area contributed by atoms with Crippen LogP contribution in [0.2, 0.25) is 0 Å². The lowest BCUT2D eigenvalue weighted by atomic mass is 9.60. The van der Waals surface area contributed by atoms with Gasteiger partial charge in [0.25, 0.3) is 0 Å². The zero-order valence-electron chi connectivity index (χ0n) is 42.3. The molecule has 0 spiro atoms. The number of rotatable bonds is 5. The molecule has 3 aliphatic rings. The second-order valence-corrected chi connectivity index (χ2v) is 20.1. The predicted molar refractivity (Wildman–Crippen MR) is 253 cm³/mol. The van der Waals surface area contributed by atoms with Crippen LogP contribution in [0.3, 0.4) is 0 Å². The van der Waals surface area contributed by atoms with Gasteiger partial charge in [-0.05, 0) is 160 Å². The number of hydrogen-bond donors (Lipinski definition) is 0. The van der Waals surface area contributed by atoms with Crippen molar-refractivity contribution in [3.05, 3.63) is 143 Å². The van der Waals surface area contributed by atoms with Crippen LogP contribution < -0.4 is 0 Å². The summed E-state index contributed by atoms with van der Waals surface area (Å²) >= 11 is 3.33. The van der Waals surface area contributed by atoms with E-state index in [1.807, 2.05) is 36.4 Å². The van der Waals surface area contributed by atoms with Crippen molar-refractivity contribution in [2.45, 2.75) is 125 Å². The van der Waals surface area contributed by atoms with Crippen LogP contribution in [-0.4, -0.2) is 9.38 Å². The normalized spacial score (nSPS) is 21.4. The minimum atomic E-state index is -2.60. The molecule has 2 nitrogen and oxygen atoms in total. The van der Waals surface area contributed by atoms with Crippen molar-refractivity contribution < 1.29 is 11.0 Å². The van der Waals surface area contributed by atoms with E-state index in [9.17, 15) is 2.74 Å². The van der Waals surface area contributed by atoms with Crippen molar-refractivity contribution in [3.8, 4) is 33.4 Å². The van der Waals surface area contributed by atoms with E-state index in [0.717, 1.165) is 95.1 Å². The average molecular weight is 815 g/mol. The van der Waals surface area contributed by atoms with E-state index in [1.54, 1.807) is 35.2 Å². The molecule has 0 amide bonds. The van der Waals surface area contributed by atoms with Gasteiger partial charge in [0.1, 0.15) is 0 Å². The van der Waals surface area contributed by atoms with Crippen molar-refractivity contribution in [3.63, 3.8) is 0 Å². The summed E-state index contributed by atoms with van der Waals surface area (Å²) in [5.41, 5.74) is 10.1. The largest absolute Gasteiger partial charge is 0.283 e. The first-order valence-electron chi connectivity index (χ1n) is 25.3. The van der Waals surface area contributed by atoms with Crippen LogP contribution in [0.5, 0.6) is 0 Å². The van der Waals surface area contributed by atoms with Gasteiger partial charge in [-0.2, -0.15) is 0 Å². The number of nitrogens with zero attached hydrogens (tertiary/aromatic N) is 2. The summed E-state index contributed by atoms with van der Waals surface area (Å²) in [6, 6.07) is 36.2. The number of thiazole rings is 1. The van der Waals surface area contributed by atoms with Gasteiger partial charge < -0.3 is 0 Å². The van der Waals surface area contributed by atoms with Crippen molar-refractivity contribution in [2.24, 2.45) is 0 Å². The molecular weight excluding hydrogens is 753 g/mol. The first kappa shape index (κ1) is 29.6. The maximum Gasteiger partial charge on any atom is 0.195 e. The summed E-state index contributed by atoms with van der Waals surface area (Å²) in [7, 11) is 0. The maximum atomic E-state index is 10.1. The summed E-state index contributed by atoms with van der Waals surface area (Å²) in [4.78, 5) is 8.32. The van der Waals surface area contributed by atoms with Gasteiger partial charge in [-0.15, -0.1) is 0 Å². The van der Waals surface area contributed by atoms with E-state index in [0.29, 0.717) is 42.4 Å². The lowest BCUT2D eigenvalue weighted by Crippen LogP contribution is -2.40. The Morgan fingerprint density at radius 1 is 0.627 bits per heavy atom. The van der Waals surface area contributed by atoms with Crippen molar-refractivity contribution in [2.75, 3.05) is 0 Å². The highest BCUT2D eigenvalue weighted by molar-refractivity contribution is 7.99. The van der Waals surface area contributed by atoms with Gasteiger partial charge in [0.15, 0.2) is 4.96 Å². The third-order valence-corrected chi connectivity index (χ3v) is 16.6. The van der Waals surface area contributed by atoms with Gasteiger partial charge in [0.05, 0.1) is 21.3 Å². The number of fused-ring (bicyclic) bond motifs is 7. The van der Waals surface area contributed by atoms with Crippen molar-refractivity contribution in [1.82, 2.24) is 9.38 Å². The Morgan fingerprint density at radius 2 is 1.22 bits per heavy atom. The highest BCUT2D eigenvalue weighted by Gasteiger charge is 2.45. The minimum absolute atomic E-state index is 0.0527. The number of aryl methyl sites for hydroxylation is 2. The van der Waals surface area contributed by atoms with Gasteiger partial charge in [0.2, 0.25) is 0 Å². The molecule has 0 unspecified atom stereocenters. The molecule has 0 bridgehead atoms. The standard InChI is InChI=1S/C55H54N2S2/c1-33-23-25-37(49-39(35-15-7-8-16-35)28-30-46-51(49)56-53-57(46)45-20-12-14-22-48(45)59-53)31-41(33)42-32-38(26-24-34(42)2)50-40(36-17-9-10-18-36)27-29-44-52(50)58-47-21-13-11-19-43(47)54(3,4)55(44,5)6/h11-14,19-32,35-36H,7-10,15-18H2,1-6H3/i1D3,2D3,35D,36D. The zero-order valence-corrected chi connectivity index (χ0v) is 35.9. The number of hydrogen-bond acceptors (Lipinski definition) is 3.